The van der Waals surface area contributed by atoms with Crippen molar-refractivity contribution in [2.75, 3.05) is 4.72 Å². The Balaban J connectivity index is 2.37. The molecule has 108 valence electrons. The molecule has 0 bridgehead atoms. The Labute approximate surface area is 114 Å². The molecule has 2 rings (SSSR count). The highest BCUT2D eigenvalue weighted by Crippen LogP contribution is 2.17. The van der Waals surface area contributed by atoms with Crippen LogP contribution in [0.2, 0.25) is 0 Å². The number of nitrogens with one attached hydrogen (secondary N) is 2. The van der Waals surface area contributed by atoms with Crippen LogP contribution in [0, 0.1) is 6.92 Å². The summed E-state index contributed by atoms with van der Waals surface area (Å²) in [5, 5.41) is 15.2. The van der Waals surface area contributed by atoms with Crippen molar-refractivity contribution in [3.05, 3.63) is 23.8 Å². The number of carbonyl (C=O) groups is 1. The van der Waals surface area contributed by atoms with Gasteiger partial charge in [-0.15, -0.1) is 5.10 Å². The fourth-order valence-electron chi connectivity index (χ4n) is 1.64. The van der Waals surface area contributed by atoms with E-state index >= 15 is 0 Å². The monoisotopic (exact) mass is 299 g/mol. The van der Waals surface area contributed by atoms with Crippen LogP contribution in [0.1, 0.15) is 23.2 Å². The van der Waals surface area contributed by atoms with E-state index in [0.29, 0.717) is 12.4 Å². The van der Waals surface area contributed by atoms with E-state index in [2.05, 4.69) is 19.9 Å². The number of carboxylic acid groups (broad SMARTS) is 1. The number of aryl methyl sites for hydroxylation is 2. The van der Waals surface area contributed by atoms with Gasteiger partial charge in [0.05, 0.1) is 0 Å². The van der Waals surface area contributed by atoms with Crippen molar-refractivity contribution in [3.63, 3.8) is 0 Å². The van der Waals surface area contributed by atoms with Crippen molar-refractivity contribution in [3.8, 4) is 0 Å². The molecule has 0 unspecified atom stereocenters. The second kappa shape index (κ2) is 4.96. The summed E-state index contributed by atoms with van der Waals surface area (Å²) in [6.07, 6.45) is 1.26. The quantitative estimate of drug-likeness (QED) is 0.734. The maximum absolute atomic E-state index is 12.1. The zero-order chi connectivity index (χ0) is 14.9. The Kier molecular flexibility index (Phi) is 3.49. The molecule has 0 saturated heterocycles. The molecule has 0 atom stereocenters. The lowest BCUT2D eigenvalue weighted by molar-refractivity contribution is 0.0685. The van der Waals surface area contributed by atoms with Gasteiger partial charge in [-0.05, 0) is 19.9 Å². The Morgan fingerprint density at radius 3 is 2.70 bits per heavy atom. The molecule has 2 aromatic rings. The molecular weight excluding hydrogens is 286 g/mol. The first kappa shape index (κ1) is 14.1. The topological polar surface area (TPSA) is 130 Å². The van der Waals surface area contributed by atoms with E-state index in [1.54, 1.807) is 13.8 Å². The van der Waals surface area contributed by atoms with E-state index in [4.69, 9.17) is 5.11 Å². The van der Waals surface area contributed by atoms with Gasteiger partial charge in [0.1, 0.15) is 16.4 Å². The van der Waals surface area contributed by atoms with Gasteiger partial charge in [0.2, 0.25) is 0 Å². The third kappa shape index (κ3) is 2.64. The van der Waals surface area contributed by atoms with Gasteiger partial charge in [-0.1, -0.05) is 0 Å². The van der Waals surface area contributed by atoms with Gasteiger partial charge in [-0.25, -0.2) is 17.9 Å². The second-order valence-electron chi connectivity index (χ2n) is 4.00. The van der Waals surface area contributed by atoms with Crippen molar-refractivity contribution < 1.29 is 18.3 Å². The summed E-state index contributed by atoms with van der Waals surface area (Å²) < 4.78 is 27.7. The molecule has 3 N–H and O–H groups in total. The lowest BCUT2D eigenvalue weighted by Gasteiger charge is -2.01. The number of H-pyrrole nitrogens is 1. The Bertz CT molecular complexity index is 746. The van der Waals surface area contributed by atoms with Crippen LogP contribution in [-0.2, 0) is 16.6 Å². The molecule has 0 spiro atoms. The first-order valence-corrected chi connectivity index (χ1v) is 7.17. The van der Waals surface area contributed by atoms with E-state index in [1.807, 2.05) is 0 Å². The van der Waals surface area contributed by atoms with Crippen LogP contribution in [0.4, 0.5) is 5.95 Å². The van der Waals surface area contributed by atoms with Crippen molar-refractivity contribution >= 4 is 21.9 Å². The summed E-state index contributed by atoms with van der Waals surface area (Å²) in [6, 6.07) is 1.09. The summed E-state index contributed by atoms with van der Waals surface area (Å²) in [6.45, 7) is 3.69. The van der Waals surface area contributed by atoms with Crippen LogP contribution in [0.25, 0.3) is 0 Å². The van der Waals surface area contributed by atoms with Crippen molar-refractivity contribution in [2.45, 2.75) is 25.3 Å². The van der Waals surface area contributed by atoms with E-state index in [0.717, 1.165) is 6.07 Å². The summed E-state index contributed by atoms with van der Waals surface area (Å²) in [5.41, 5.74) is -0.0981. The molecule has 0 saturated carbocycles. The predicted octanol–water partition coefficient (Wildman–Crippen LogP) is 0.434. The molecule has 0 fully saturated rings. The molecule has 0 aliphatic rings. The van der Waals surface area contributed by atoms with Gasteiger partial charge >= 0.3 is 5.97 Å². The second-order valence-corrected chi connectivity index (χ2v) is 5.68. The summed E-state index contributed by atoms with van der Waals surface area (Å²) in [4.78, 5) is 14.7. The number of rotatable bonds is 5. The maximum atomic E-state index is 12.1. The van der Waals surface area contributed by atoms with Crippen LogP contribution in [0.5, 0.6) is 0 Å². The Hall–Kier alpha value is -2.36. The van der Waals surface area contributed by atoms with Crippen molar-refractivity contribution in [1.82, 2.24) is 19.7 Å². The number of sulfonamides is 1. The van der Waals surface area contributed by atoms with Crippen LogP contribution in [0.15, 0.2) is 17.2 Å². The normalized spacial score (nSPS) is 11.5. The number of aromatic carboxylic acids is 1. The number of anilines is 1. The highest BCUT2D eigenvalue weighted by molar-refractivity contribution is 7.92. The van der Waals surface area contributed by atoms with Crippen LogP contribution < -0.4 is 4.72 Å². The first-order chi connectivity index (χ1) is 9.33. The minimum atomic E-state index is -3.92. The molecule has 0 aliphatic heterocycles. The highest BCUT2D eigenvalue weighted by atomic mass is 32.2. The molecule has 0 aromatic carbocycles. The SMILES string of the molecule is CCn1cc(S(=O)(=O)Nc2n[nH]c(C)n2)cc1C(=O)O. The van der Waals surface area contributed by atoms with Crippen molar-refractivity contribution in [1.29, 1.82) is 0 Å². The molecule has 0 amide bonds. The van der Waals surface area contributed by atoms with Gasteiger partial charge < -0.3 is 9.67 Å². The van der Waals surface area contributed by atoms with Gasteiger partial charge in [-0.3, -0.25) is 5.10 Å². The average Bonchev–Trinajstić information content (AvgIpc) is 2.95. The fraction of sp³-hybridized carbons (Fsp3) is 0.300. The smallest absolute Gasteiger partial charge is 0.352 e. The number of nitrogens with zero attached hydrogens (tertiary/aromatic N) is 3. The van der Waals surface area contributed by atoms with E-state index in [1.165, 1.54) is 10.8 Å². The lowest BCUT2D eigenvalue weighted by atomic mass is 10.4. The van der Waals surface area contributed by atoms with E-state index in [-0.39, 0.29) is 16.5 Å². The standard InChI is InChI=1S/C10H13N5O4S/c1-3-15-5-7(4-8(15)9(16)17)20(18,19)14-10-11-6(2)12-13-10/h4-5H,3H2,1-2H3,(H,16,17)(H2,11,12,13,14). The average molecular weight is 299 g/mol. The van der Waals surface area contributed by atoms with Crippen LogP contribution in [-0.4, -0.2) is 39.2 Å². The molecule has 9 nitrogen and oxygen atoms in total. The predicted molar refractivity (Wildman–Crippen MR) is 69.0 cm³/mol. The molecular formula is C10H13N5O4S. The summed E-state index contributed by atoms with van der Waals surface area (Å²) in [7, 11) is -3.92. The number of carboxylic acids is 1. The fourth-order valence-corrected chi connectivity index (χ4v) is 2.62. The van der Waals surface area contributed by atoms with Crippen LogP contribution in [0.3, 0.4) is 0 Å². The van der Waals surface area contributed by atoms with Gasteiger partial charge in [0, 0.05) is 12.7 Å². The largest absolute Gasteiger partial charge is 0.477 e. The summed E-state index contributed by atoms with van der Waals surface area (Å²) >= 11 is 0. The van der Waals surface area contributed by atoms with Crippen molar-refractivity contribution in [2.24, 2.45) is 0 Å². The minimum Gasteiger partial charge on any atom is -0.477 e. The zero-order valence-electron chi connectivity index (χ0n) is 10.8. The summed E-state index contributed by atoms with van der Waals surface area (Å²) in [5.74, 6) is -0.828. The number of aromatic amines is 1. The third-order valence-electron chi connectivity index (χ3n) is 2.56. The Morgan fingerprint density at radius 2 is 2.25 bits per heavy atom. The zero-order valence-corrected chi connectivity index (χ0v) is 11.6. The Morgan fingerprint density at radius 1 is 1.55 bits per heavy atom. The minimum absolute atomic E-state index is 0.0939. The third-order valence-corrected chi connectivity index (χ3v) is 3.86. The van der Waals surface area contributed by atoms with E-state index < -0.39 is 16.0 Å². The van der Waals surface area contributed by atoms with Gasteiger partial charge in [0.15, 0.2) is 0 Å². The molecule has 2 aromatic heterocycles. The number of aromatic nitrogens is 4. The number of hydrogen-bond acceptors (Lipinski definition) is 5. The molecule has 20 heavy (non-hydrogen) atoms. The van der Waals surface area contributed by atoms with Gasteiger partial charge in [0.25, 0.3) is 16.0 Å². The molecule has 10 heteroatoms. The van der Waals surface area contributed by atoms with Gasteiger partial charge in [-0.2, -0.15) is 4.98 Å². The molecule has 0 aliphatic carbocycles. The first-order valence-electron chi connectivity index (χ1n) is 5.68. The lowest BCUT2D eigenvalue weighted by Crippen LogP contribution is -2.13. The van der Waals surface area contributed by atoms with Crippen LogP contribution >= 0.6 is 0 Å². The van der Waals surface area contributed by atoms with E-state index in [9.17, 15) is 13.2 Å². The molecule has 0 radical (unpaired) electrons. The number of hydrogen-bond donors (Lipinski definition) is 3. The maximum Gasteiger partial charge on any atom is 0.352 e. The highest BCUT2D eigenvalue weighted by Gasteiger charge is 2.22. The molecule has 2 heterocycles.